The molecule has 0 aromatic heterocycles. The van der Waals surface area contributed by atoms with Crippen LogP contribution in [0.25, 0.3) is 0 Å². The zero-order valence-corrected chi connectivity index (χ0v) is 8.35. The minimum absolute atomic E-state index is 0.155. The number of benzene rings is 1. The van der Waals surface area contributed by atoms with Gasteiger partial charge in [0.1, 0.15) is 0 Å². The molecule has 3 nitrogen and oxygen atoms in total. The molecule has 0 radical (unpaired) electrons. The molecule has 0 aliphatic rings. The van der Waals surface area contributed by atoms with Crippen LogP contribution in [0.2, 0.25) is 0 Å². The first-order valence-electron chi connectivity index (χ1n) is 3.81. The van der Waals surface area contributed by atoms with E-state index in [1.165, 1.54) is 6.92 Å². The maximum absolute atomic E-state index is 11.2. The first kappa shape index (κ1) is 9.92. The minimum atomic E-state index is -1.07. The van der Waals surface area contributed by atoms with E-state index in [4.69, 9.17) is 0 Å². The fraction of sp³-hybridized carbons (Fsp3) is 0.222. The number of carbonyl (C=O) groups is 1. The molecule has 0 heterocycles. The Balaban J connectivity index is 3.04. The summed E-state index contributed by atoms with van der Waals surface area (Å²) in [6, 6.07) is 7.06. The van der Waals surface area contributed by atoms with Crippen LogP contribution < -0.4 is 5.32 Å². The molecular formula is C9H11NO2S. The van der Waals surface area contributed by atoms with E-state index in [0.29, 0.717) is 10.6 Å². The number of amides is 1. The maximum atomic E-state index is 11.2. The lowest BCUT2D eigenvalue weighted by molar-refractivity contribution is -0.114. The van der Waals surface area contributed by atoms with E-state index in [2.05, 4.69) is 5.32 Å². The number of carbonyl (C=O) groups excluding carboxylic acids is 1. The van der Waals surface area contributed by atoms with E-state index < -0.39 is 10.8 Å². The lowest BCUT2D eigenvalue weighted by Gasteiger charge is -2.06. The van der Waals surface area contributed by atoms with Crippen molar-refractivity contribution < 1.29 is 9.00 Å². The highest BCUT2D eigenvalue weighted by molar-refractivity contribution is 7.84. The molecule has 1 aromatic rings. The Morgan fingerprint density at radius 2 is 2.00 bits per heavy atom. The van der Waals surface area contributed by atoms with Gasteiger partial charge in [0.2, 0.25) is 5.91 Å². The molecule has 0 aliphatic carbocycles. The third-order valence-electron chi connectivity index (χ3n) is 1.51. The Labute approximate surface area is 79.6 Å². The molecule has 0 fully saturated rings. The van der Waals surface area contributed by atoms with Crippen LogP contribution in [0.4, 0.5) is 5.69 Å². The van der Waals surface area contributed by atoms with Gasteiger partial charge in [-0.1, -0.05) is 12.1 Å². The summed E-state index contributed by atoms with van der Waals surface area (Å²) in [5.74, 6) is -0.155. The zero-order chi connectivity index (χ0) is 9.84. The van der Waals surface area contributed by atoms with Gasteiger partial charge < -0.3 is 5.32 Å². The Morgan fingerprint density at radius 3 is 2.54 bits per heavy atom. The highest BCUT2D eigenvalue weighted by Crippen LogP contribution is 2.17. The monoisotopic (exact) mass is 197 g/mol. The van der Waals surface area contributed by atoms with Crippen molar-refractivity contribution in [1.82, 2.24) is 0 Å². The Hall–Kier alpha value is -1.16. The third-order valence-corrected chi connectivity index (χ3v) is 2.48. The summed E-state index contributed by atoms with van der Waals surface area (Å²) < 4.78 is 11.2. The molecule has 13 heavy (non-hydrogen) atoms. The molecule has 0 unspecified atom stereocenters. The molecule has 1 N–H and O–H groups in total. The molecule has 0 aliphatic heterocycles. The van der Waals surface area contributed by atoms with Gasteiger partial charge in [-0.15, -0.1) is 0 Å². The van der Waals surface area contributed by atoms with Crippen LogP contribution in [-0.2, 0) is 15.6 Å². The normalized spacial score (nSPS) is 12.2. The average Bonchev–Trinajstić information content (AvgIpc) is 2.03. The maximum Gasteiger partial charge on any atom is 0.221 e. The second-order valence-corrected chi connectivity index (χ2v) is 3.98. The van der Waals surface area contributed by atoms with E-state index in [1.54, 1.807) is 30.5 Å². The van der Waals surface area contributed by atoms with Crippen LogP contribution in [0.15, 0.2) is 29.2 Å². The molecular weight excluding hydrogens is 186 g/mol. The molecule has 0 saturated carbocycles. The zero-order valence-electron chi connectivity index (χ0n) is 7.53. The molecule has 1 atom stereocenters. The van der Waals surface area contributed by atoms with Crippen molar-refractivity contribution in [3.63, 3.8) is 0 Å². The summed E-state index contributed by atoms with van der Waals surface area (Å²) in [7, 11) is -1.07. The smallest absolute Gasteiger partial charge is 0.221 e. The number of hydrogen-bond acceptors (Lipinski definition) is 2. The summed E-state index contributed by atoms with van der Waals surface area (Å²) in [6.07, 6.45) is 1.58. The van der Waals surface area contributed by atoms with Crippen LogP contribution in [0.1, 0.15) is 6.92 Å². The number of para-hydroxylation sites is 1. The molecule has 0 spiro atoms. The van der Waals surface area contributed by atoms with Gasteiger partial charge in [-0.3, -0.25) is 9.00 Å². The standard InChI is InChI=1S/C9H11NO2S/c1-7(11)10-8-5-3-4-6-9(8)13(2)12/h3-6H,1-2H3,(H,10,11)/t13-/m0/s1. The number of hydrogen-bond donors (Lipinski definition) is 1. The quantitative estimate of drug-likeness (QED) is 0.778. The summed E-state index contributed by atoms with van der Waals surface area (Å²) >= 11 is 0. The summed E-state index contributed by atoms with van der Waals surface area (Å²) in [5.41, 5.74) is 0.621. The predicted octanol–water partition coefficient (Wildman–Crippen LogP) is 1.38. The van der Waals surface area contributed by atoms with Crippen LogP contribution >= 0.6 is 0 Å². The second-order valence-electron chi connectivity index (χ2n) is 2.63. The number of anilines is 1. The van der Waals surface area contributed by atoms with Gasteiger partial charge in [-0.25, -0.2) is 0 Å². The first-order chi connectivity index (χ1) is 6.11. The van der Waals surface area contributed by atoms with Crippen LogP contribution in [0, 0.1) is 0 Å². The van der Waals surface area contributed by atoms with Gasteiger partial charge in [0.05, 0.1) is 21.4 Å². The van der Waals surface area contributed by atoms with Crippen molar-refractivity contribution in [3.8, 4) is 0 Å². The Bertz CT molecular complexity index is 349. The van der Waals surface area contributed by atoms with Gasteiger partial charge in [0.25, 0.3) is 0 Å². The van der Waals surface area contributed by atoms with Crippen molar-refractivity contribution in [2.75, 3.05) is 11.6 Å². The SMILES string of the molecule is CC(=O)Nc1ccccc1[S@](C)=O. The van der Waals surface area contributed by atoms with Gasteiger partial charge in [-0.05, 0) is 12.1 Å². The van der Waals surface area contributed by atoms with E-state index in [0.717, 1.165) is 0 Å². The molecule has 1 amide bonds. The lowest BCUT2D eigenvalue weighted by atomic mass is 10.3. The van der Waals surface area contributed by atoms with E-state index in [1.807, 2.05) is 0 Å². The molecule has 0 bridgehead atoms. The fourth-order valence-electron chi connectivity index (χ4n) is 1.01. The second kappa shape index (κ2) is 4.18. The van der Waals surface area contributed by atoms with Crippen LogP contribution in [-0.4, -0.2) is 16.4 Å². The summed E-state index contributed by atoms with van der Waals surface area (Å²) in [5, 5.41) is 2.62. The topological polar surface area (TPSA) is 46.2 Å². The van der Waals surface area contributed by atoms with Crippen molar-refractivity contribution in [1.29, 1.82) is 0 Å². The van der Waals surface area contributed by atoms with Crippen LogP contribution in [0.5, 0.6) is 0 Å². The lowest BCUT2D eigenvalue weighted by Crippen LogP contribution is -2.08. The largest absolute Gasteiger partial charge is 0.325 e. The van der Waals surface area contributed by atoms with Gasteiger partial charge in [-0.2, -0.15) is 0 Å². The highest BCUT2D eigenvalue weighted by Gasteiger charge is 2.05. The van der Waals surface area contributed by atoms with Gasteiger partial charge in [0, 0.05) is 13.2 Å². The summed E-state index contributed by atoms with van der Waals surface area (Å²) in [4.78, 5) is 11.4. The highest BCUT2D eigenvalue weighted by atomic mass is 32.2. The Kier molecular flexibility index (Phi) is 3.19. The fourth-order valence-corrected chi connectivity index (χ4v) is 1.71. The van der Waals surface area contributed by atoms with E-state index in [9.17, 15) is 9.00 Å². The summed E-state index contributed by atoms with van der Waals surface area (Å²) in [6.45, 7) is 1.43. The minimum Gasteiger partial charge on any atom is -0.325 e. The van der Waals surface area contributed by atoms with Crippen molar-refractivity contribution in [2.24, 2.45) is 0 Å². The molecule has 4 heteroatoms. The van der Waals surface area contributed by atoms with Gasteiger partial charge >= 0.3 is 0 Å². The molecule has 0 saturated heterocycles. The van der Waals surface area contributed by atoms with Crippen molar-refractivity contribution in [3.05, 3.63) is 24.3 Å². The Morgan fingerprint density at radius 1 is 1.38 bits per heavy atom. The first-order valence-corrected chi connectivity index (χ1v) is 5.37. The number of rotatable bonds is 2. The van der Waals surface area contributed by atoms with Crippen molar-refractivity contribution in [2.45, 2.75) is 11.8 Å². The third kappa shape index (κ3) is 2.66. The van der Waals surface area contributed by atoms with E-state index >= 15 is 0 Å². The van der Waals surface area contributed by atoms with E-state index in [-0.39, 0.29) is 5.91 Å². The molecule has 1 aromatic carbocycles. The molecule has 70 valence electrons. The predicted molar refractivity (Wildman–Crippen MR) is 53.1 cm³/mol. The number of nitrogens with one attached hydrogen (secondary N) is 1. The van der Waals surface area contributed by atoms with Crippen molar-refractivity contribution >= 4 is 22.4 Å². The molecule has 1 rings (SSSR count). The van der Waals surface area contributed by atoms with Crippen LogP contribution in [0.3, 0.4) is 0 Å². The van der Waals surface area contributed by atoms with Gasteiger partial charge in [0.15, 0.2) is 0 Å². The average molecular weight is 197 g/mol.